The van der Waals surface area contributed by atoms with Gasteiger partial charge >= 0.3 is 0 Å². The average Bonchev–Trinajstić information content (AvgIpc) is 2.81. The van der Waals surface area contributed by atoms with Gasteiger partial charge in [-0.05, 0) is 66.9 Å². The van der Waals surface area contributed by atoms with Gasteiger partial charge in [-0.3, -0.25) is 9.59 Å². The minimum absolute atomic E-state index is 0.0858. The smallest absolute Gasteiger partial charge is 0.262 e. The average molecular weight is 462 g/mol. The molecule has 0 saturated heterocycles. The first-order chi connectivity index (χ1) is 16.0. The fourth-order valence-corrected chi connectivity index (χ4v) is 3.77. The molecule has 0 saturated carbocycles. The zero-order chi connectivity index (χ0) is 23.5. The number of ether oxygens (including phenoxy) is 1. The number of hydrogen-bond donors (Lipinski definition) is 2. The number of benzene rings is 3. The molecule has 2 N–H and O–H groups in total. The molecule has 3 aromatic rings. The summed E-state index contributed by atoms with van der Waals surface area (Å²) in [5.74, 6) is 1.32. The molecule has 3 rings (SSSR count). The van der Waals surface area contributed by atoms with Gasteiger partial charge in [-0.25, -0.2) is 5.43 Å². The molecule has 0 radical (unpaired) electrons. The lowest BCUT2D eigenvalue weighted by molar-refractivity contribution is -0.119. The Balaban J connectivity index is 1.36. The standard InChI is InChI=1S/C26H27N3O3S/c1-19-7-11-23(12-8-19)28-25(30)16-32-24-13-9-21(10-14-24)15-27-29-26(31)18-33-17-22-6-4-3-5-20(22)2/h3-15H,16-18H2,1-2H3,(H,28,30)(H,29,31)/b27-15-. The maximum absolute atomic E-state index is 12.0. The van der Waals surface area contributed by atoms with Crippen molar-refractivity contribution in [2.75, 3.05) is 17.7 Å². The summed E-state index contributed by atoms with van der Waals surface area (Å²) in [4.78, 5) is 24.0. The summed E-state index contributed by atoms with van der Waals surface area (Å²) in [6.45, 7) is 3.97. The molecule has 0 aromatic heterocycles. The minimum Gasteiger partial charge on any atom is -0.484 e. The van der Waals surface area contributed by atoms with Crippen LogP contribution in [-0.2, 0) is 15.3 Å². The minimum atomic E-state index is -0.229. The van der Waals surface area contributed by atoms with Gasteiger partial charge < -0.3 is 10.1 Å². The molecule has 0 fully saturated rings. The van der Waals surface area contributed by atoms with Crippen molar-refractivity contribution in [1.82, 2.24) is 5.43 Å². The van der Waals surface area contributed by atoms with Gasteiger partial charge in [0, 0.05) is 11.4 Å². The van der Waals surface area contributed by atoms with Gasteiger partial charge in [0.15, 0.2) is 6.61 Å². The predicted molar refractivity (Wildman–Crippen MR) is 135 cm³/mol. The number of amides is 2. The normalized spacial score (nSPS) is 10.7. The Bertz CT molecular complexity index is 1100. The van der Waals surface area contributed by atoms with E-state index in [9.17, 15) is 9.59 Å². The van der Waals surface area contributed by atoms with Crippen LogP contribution in [0.25, 0.3) is 0 Å². The fraction of sp³-hybridized carbons (Fsp3) is 0.192. The second-order valence-corrected chi connectivity index (χ2v) is 8.47. The molecule has 0 bridgehead atoms. The number of nitrogens with one attached hydrogen (secondary N) is 2. The van der Waals surface area contributed by atoms with Crippen LogP contribution < -0.4 is 15.5 Å². The topological polar surface area (TPSA) is 79.8 Å². The lowest BCUT2D eigenvalue weighted by Crippen LogP contribution is -2.20. The molecular formula is C26H27N3O3S. The van der Waals surface area contributed by atoms with E-state index in [0.717, 1.165) is 22.6 Å². The number of carbonyl (C=O) groups excluding carboxylic acids is 2. The highest BCUT2D eigenvalue weighted by Gasteiger charge is 2.04. The summed E-state index contributed by atoms with van der Waals surface area (Å²) in [6, 6.07) is 22.8. The van der Waals surface area contributed by atoms with Crippen molar-refractivity contribution in [1.29, 1.82) is 0 Å². The highest BCUT2D eigenvalue weighted by molar-refractivity contribution is 7.99. The number of rotatable bonds is 10. The van der Waals surface area contributed by atoms with Crippen molar-refractivity contribution in [3.8, 4) is 5.75 Å². The summed E-state index contributed by atoms with van der Waals surface area (Å²) >= 11 is 1.55. The zero-order valence-corrected chi connectivity index (χ0v) is 19.5. The molecule has 0 aliphatic carbocycles. The van der Waals surface area contributed by atoms with Crippen LogP contribution in [-0.4, -0.2) is 30.4 Å². The molecule has 6 nitrogen and oxygen atoms in total. The van der Waals surface area contributed by atoms with Gasteiger partial charge in [-0.2, -0.15) is 5.10 Å². The first-order valence-electron chi connectivity index (χ1n) is 10.5. The Morgan fingerprint density at radius 3 is 2.39 bits per heavy atom. The van der Waals surface area contributed by atoms with Crippen molar-refractivity contribution < 1.29 is 14.3 Å². The largest absolute Gasteiger partial charge is 0.484 e. The number of nitrogens with zero attached hydrogens (tertiary/aromatic N) is 1. The zero-order valence-electron chi connectivity index (χ0n) is 18.7. The first kappa shape index (κ1) is 24.1. The second kappa shape index (κ2) is 12.5. The third kappa shape index (κ3) is 8.46. The number of hydrazone groups is 1. The fourth-order valence-electron chi connectivity index (χ4n) is 2.87. The lowest BCUT2D eigenvalue weighted by atomic mass is 10.1. The summed E-state index contributed by atoms with van der Waals surface area (Å²) in [7, 11) is 0. The third-order valence-electron chi connectivity index (χ3n) is 4.74. The molecule has 33 heavy (non-hydrogen) atoms. The van der Waals surface area contributed by atoms with Crippen molar-refractivity contribution in [3.63, 3.8) is 0 Å². The molecule has 0 aliphatic heterocycles. The molecule has 0 atom stereocenters. The van der Waals surface area contributed by atoms with Crippen molar-refractivity contribution in [3.05, 3.63) is 95.1 Å². The van der Waals surface area contributed by atoms with Gasteiger partial charge in [-0.15, -0.1) is 11.8 Å². The van der Waals surface area contributed by atoms with Crippen LogP contribution >= 0.6 is 11.8 Å². The van der Waals surface area contributed by atoms with Crippen LogP contribution in [0.4, 0.5) is 5.69 Å². The van der Waals surface area contributed by atoms with Crippen molar-refractivity contribution in [2.24, 2.45) is 5.10 Å². The van der Waals surface area contributed by atoms with Gasteiger partial charge in [0.05, 0.1) is 12.0 Å². The lowest BCUT2D eigenvalue weighted by Gasteiger charge is -2.08. The third-order valence-corrected chi connectivity index (χ3v) is 5.72. The molecule has 0 aliphatic rings. The Hall–Kier alpha value is -3.58. The van der Waals surface area contributed by atoms with E-state index in [4.69, 9.17) is 4.74 Å². The van der Waals surface area contributed by atoms with Crippen LogP contribution in [0.3, 0.4) is 0 Å². The van der Waals surface area contributed by atoms with Gasteiger partial charge in [0.25, 0.3) is 5.91 Å². The Morgan fingerprint density at radius 1 is 0.939 bits per heavy atom. The van der Waals surface area contributed by atoms with E-state index in [0.29, 0.717) is 11.5 Å². The van der Waals surface area contributed by atoms with E-state index in [1.54, 1.807) is 42.2 Å². The molecular weight excluding hydrogens is 434 g/mol. The molecule has 0 heterocycles. The monoisotopic (exact) mass is 461 g/mol. The Morgan fingerprint density at radius 2 is 1.67 bits per heavy atom. The predicted octanol–water partition coefficient (Wildman–Crippen LogP) is 4.70. The molecule has 3 aromatic carbocycles. The highest BCUT2D eigenvalue weighted by atomic mass is 32.2. The molecule has 2 amide bonds. The maximum Gasteiger partial charge on any atom is 0.262 e. The van der Waals surface area contributed by atoms with E-state index in [2.05, 4.69) is 34.9 Å². The van der Waals surface area contributed by atoms with Crippen LogP contribution in [0.1, 0.15) is 22.3 Å². The van der Waals surface area contributed by atoms with E-state index in [1.807, 2.05) is 43.3 Å². The molecule has 0 unspecified atom stereocenters. The SMILES string of the molecule is Cc1ccc(NC(=O)COc2ccc(/C=N\NC(=O)CSCc3ccccc3C)cc2)cc1. The summed E-state index contributed by atoms with van der Waals surface area (Å²) in [5, 5.41) is 6.79. The quantitative estimate of drug-likeness (QED) is 0.339. The summed E-state index contributed by atoms with van der Waals surface area (Å²) < 4.78 is 5.52. The number of thioether (sulfide) groups is 1. The highest BCUT2D eigenvalue weighted by Crippen LogP contribution is 2.15. The van der Waals surface area contributed by atoms with Crippen LogP contribution in [0.15, 0.2) is 77.9 Å². The molecule has 0 spiro atoms. The van der Waals surface area contributed by atoms with Crippen molar-refractivity contribution in [2.45, 2.75) is 19.6 Å². The molecule has 170 valence electrons. The summed E-state index contributed by atoms with van der Waals surface area (Å²) in [5.41, 5.74) is 7.66. The van der Waals surface area contributed by atoms with E-state index in [-0.39, 0.29) is 18.4 Å². The first-order valence-corrected chi connectivity index (χ1v) is 11.7. The van der Waals surface area contributed by atoms with Crippen LogP contribution in [0.5, 0.6) is 5.75 Å². The number of aryl methyl sites for hydroxylation is 2. The van der Waals surface area contributed by atoms with Gasteiger partial charge in [0.1, 0.15) is 5.75 Å². The number of anilines is 1. The van der Waals surface area contributed by atoms with Crippen molar-refractivity contribution >= 4 is 35.5 Å². The van der Waals surface area contributed by atoms with E-state index >= 15 is 0 Å². The van der Waals surface area contributed by atoms with E-state index in [1.165, 1.54) is 11.1 Å². The van der Waals surface area contributed by atoms with E-state index < -0.39 is 0 Å². The number of carbonyl (C=O) groups is 2. The summed E-state index contributed by atoms with van der Waals surface area (Å²) in [6.07, 6.45) is 1.57. The Kier molecular flexibility index (Phi) is 9.08. The Labute approximate surface area is 198 Å². The maximum atomic E-state index is 12.0. The van der Waals surface area contributed by atoms with Gasteiger partial charge in [0.2, 0.25) is 5.91 Å². The second-order valence-electron chi connectivity index (χ2n) is 7.48. The van der Waals surface area contributed by atoms with Crippen LogP contribution in [0, 0.1) is 13.8 Å². The van der Waals surface area contributed by atoms with Crippen LogP contribution in [0.2, 0.25) is 0 Å². The molecule has 7 heteroatoms. The number of hydrogen-bond acceptors (Lipinski definition) is 5. The van der Waals surface area contributed by atoms with Gasteiger partial charge in [-0.1, -0.05) is 42.0 Å².